The Labute approximate surface area is 168 Å². The van der Waals surface area contributed by atoms with Gasteiger partial charge in [-0.1, -0.05) is 36.9 Å². The van der Waals surface area contributed by atoms with Gasteiger partial charge in [0.25, 0.3) is 0 Å². The Bertz CT molecular complexity index is 476. The normalized spacial score (nSPS) is 7.55. The van der Waals surface area contributed by atoms with Crippen molar-refractivity contribution in [2.24, 2.45) is 0 Å². The minimum atomic E-state index is 0. The molecule has 0 spiro atoms. The topological polar surface area (TPSA) is 0 Å². The Hall–Kier alpha value is -0.413. The van der Waals surface area contributed by atoms with Gasteiger partial charge < -0.3 is 24.8 Å². The first-order valence-electron chi connectivity index (χ1n) is 6.56. The van der Waals surface area contributed by atoms with Crippen LogP contribution >= 0.6 is 0 Å². The van der Waals surface area contributed by atoms with E-state index in [0.717, 1.165) is 9.52 Å². The summed E-state index contributed by atoms with van der Waals surface area (Å²) in [4.78, 5) is 0. The molecule has 0 nitrogen and oxygen atoms in total. The molecule has 0 fully saturated rings. The first-order valence-corrected chi connectivity index (χ1v) is 8.87. The Morgan fingerprint density at radius 3 is 1.59 bits per heavy atom. The number of halogens is 2. The summed E-state index contributed by atoms with van der Waals surface area (Å²) in [5, 5.41) is 0. The van der Waals surface area contributed by atoms with Crippen molar-refractivity contribution in [1.29, 1.82) is 0 Å². The van der Waals surface area contributed by atoms with E-state index in [-0.39, 0.29) is 50.7 Å². The predicted molar refractivity (Wildman–Crippen MR) is 88.4 cm³/mol. The molecule has 0 saturated heterocycles. The van der Waals surface area contributed by atoms with Crippen LogP contribution in [0.15, 0.2) is 84.9 Å². The van der Waals surface area contributed by atoms with Crippen LogP contribution in [0.2, 0.25) is 13.1 Å². The molecule has 3 aromatic rings. The molecule has 0 atom stereocenters. The van der Waals surface area contributed by atoms with Crippen LogP contribution < -0.4 is 24.8 Å². The van der Waals surface area contributed by atoms with Gasteiger partial charge in [0.05, 0.1) is 0 Å². The Kier molecular flexibility index (Phi) is 22.4. The van der Waals surface area contributed by atoms with Crippen molar-refractivity contribution in [3.05, 3.63) is 84.9 Å². The summed E-state index contributed by atoms with van der Waals surface area (Å²) in [5.74, 6) is 0. The number of benzene rings is 1. The largest absolute Gasteiger partial charge is 4.00 e. The molecule has 0 bridgehead atoms. The van der Waals surface area contributed by atoms with E-state index < -0.39 is 0 Å². The third kappa shape index (κ3) is 12.2. The minimum absolute atomic E-state index is 0. The average molecular weight is 515 g/mol. The van der Waals surface area contributed by atoms with Gasteiger partial charge in [0.1, 0.15) is 0 Å². The molecule has 115 valence electrons. The summed E-state index contributed by atoms with van der Waals surface area (Å²) in [6.45, 7) is 4.42. The number of hydrogen-bond acceptors (Lipinski definition) is 0. The maximum Gasteiger partial charge on any atom is 4.00 e. The van der Waals surface area contributed by atoms with Crippen molar-refractivity contribution in [1.82, 2.24) is 0 Å². The average Bonchev–Trinajstić information content (AvgIpc) is 3.17. The van der Waals surface area contributed by atoms with Gasteiger partial charge in [0.15, 0.2) is 0 Å². The van der Waals surface area contributed by atoms with E-state index in [1.807, 2.05) is 36.4 Å². The molecule has 0 aliphatic carbocycles. The third-order valence-corrected chi connectivity index (χ3v) is 2.33. The summed E-state index contributed by atoms with van der Waals surface area (Å²) < 4.78 is 0. The minimum Gasteiger partial charge on any atom is -1.00 e. The fourth-order valence-electron chi connectivity index (χ4n) is 1.52. The zero-order valence-electron chi connectivity index (χ0n) is 12.9. The molecule has 0 heterocycles. The van der Waals surface area contributed by atoms with Crippen LogP contribution in [0, 0.1) is 0 Å². The fraction of sp³-hybridized carbons (Fsp3) is 0.111. The van der Waals surface area contributed by atoms with E-state index in [4.69, 9.17) is 0 Å². The van der Waals surface area contributed by atoms with E-state index in [1.165, 1.54) is 11.1 Å². The standard InChI is InChI=1S/C11H9.C5H5.C2H7Si.2ClH.Hf/c1-2-6-10(7-3-1)11-8-4-5-9-11;1-2-4-5-3-1;1-3-2;;;/h1-9H;1-5H;3H,1-2H3;2*1H;/q2*-1;;;;+4/p-2. The van der Waals surface area contributed by atoms with Crippen molar-refractivity contribution >= 4 is 9.52 Å². The smallest absolute Gasteiger partial charge is 1.00 e. The fourth-order valence-corrected chi connectivity index (χ4v) is 1.52. The molecule has 0 saturated carbocycles. The van der Waals surface area contributed by atoms with E-state index in [0.29, 0.717) is 0 Å². The maximum absolute atomic E-state index is 2.21. The molecule has 3 aromatic carbocycles. The van der Waals surface area contributed by atoms with Crippen molar-refractivity contribution in [2.75, 3.05) is 0 Å². The van der Waals surface area contributed by atoms with E-state index in [2.05, 4.69) is 61.6 Å². The molecule has 0 unspecified atom stereocenters. The SMILES string of the molecule is C[SiH]C.[Cl-].[Cl-].[Hf+4].c1cc[cH-]c1.c1ccc(-[c-]2cccc2)cc1. The van der Waals surface area contributed by atoms with Crippen molar-refractivity contribution in [2.45, 2.75) is 13.1 Å². The van der Waals surface area contributed by atoms with Crippen molar-refractivity contribution in [3.63, 3.8) is 0 Å². The van der Waals surface area contributed by atoms with Crippen LogP contribution in [0.3, 0.4) is 0 Å². The summed E-state index contributed by atoms with van der Waals surface area (Å²) in [6.07, 6.45) is 0. The molecular weight excluding hydrogens is 494 g/mol. The Morgan fingerprint density at radius 2 is 1.23 bits per heavy atom. The summed E-state index contributed by atoms with van der Waals surface area (Å²) in [6, 6.07) is 28.7. The van der Waals surface area contributed by atoms with Crippen molar-refractivity contribution < 1.29 is 50.7 Å². The van der Waals surface area contributed by atoms with Gasteiger partial charge in [-0.15, -0.1) is 29.8 Å². The van der Waals surface area contributed by atoms with Gasteiger partial charge in [-0.2, -0.15) is 30.3 Å². The molecule has 0 aromatic heterocycles. The van der Waals surface area contributed by atoms with Crippen LogP contribution in [0.5, 0.6) is 0 Å². The van der Waals surface area contributed by atoms with Crippen LogP contribution in [-0.2, 0) is 25.8 Å². The van der Waals surface area contributed by atoms with Crippen molar-refractivity contribution in [3.8, 4) is 11.1 Å². The molecule has 0 aliphatic heterocycles. The van der Waals surface area contributed by atoms with Crippen LogP contribution in [0.25, 0.3) is 11.1 Å². The number of hydrogen-bond donors (Lipinski definition) is 0. The maximum atomic E-state index is 2.21. The first kappa shape index (κ1) is 26.5. The number of rotatable bonds is 1. The second-order valence-corrected chi connectivity index (χ2v) is 5.23. The molecular formula is C18H21Cl2HfSi. The first-order chi connectivity index (χ1) is 9.38. The van der Waals surface area contributed by atoms with E-state index >= 15 is 0 Å². The van der Waals surface area contributed by atoms with E-state index in [1.54, 1.807) is 0 Å². The van der Waals surface area contributed by atoms with Crippen LogP contribution in [-0.4, -0.2) is 9.52 Å². The van der Waals surface area contributed by atoms with Gasteiger partial charge in [0.2, 0.25) is 0 Å². The molecule has 1 radical (unpaired) electrons. The van der Waals surface area contributed by atoms with Gasteiger partial charge in [0, 0.05) is 9.52 Å². The second-order valence-electron chi connectivity index (χ2n) is 4.08. The quantitative estimate of drug-likeness (QED) is 0.289. The summed E-state index contributed by atoms with van der Waals surface area (Å²) in [7, 11) is 0.750. The summed E-state index contributed by atoms with van der Waals surface area (Å²) in [5.41, 5.74) is 2.59. The second kappa shape index (κ2) is 18.6. The zero-order chi connectivity index (χ0) is 13.8. The van der Waals surface area contributed by atoms with Gasteiger partial charge in [-0.3, -0.25) is 0 Å². The van der Waals surface area contributed by atoms with Gasteiger partial charge in [-0.05, 0) is 0 Å². The molecule has 22 heavy (non-hydrogen) atoms. The Balaban J connectivity index is -0.000000283. The zero-order valence-corrected chi connectivity index (χ0v) is 19.2. The van der Waals surface area contributed by atoms with Gasteiger partial charge >= 0.3 is 25.8 Å². The molecule has 0 amide bonds. The van der Waals surface area contributed by atoms with Gasteiger partial charge in [-0.25, -0.2) is 12.1 Å². The predicted octanol–water partition coefficient (Wildman–Crippen LogP) is -0.997. The van der Waals surface area contributed by atoms with E-state index in [9.17, 15) is 0 Å². The molecule has 3 rings (SSSR count). The van der Waals surface area contributed by atoms with Crippen LogP contribution in [0.1, 0.15) is 0 Å². The Morgan fingerprint density at radius 1 is 0.773 bits per heavy atom. The summed E-state index contributed by atoms with van der Waals surface area (Å²) >= 11 is 0. The van der Waals surface area contributed by atoms with Crippen LogP contribution in [0.4, 0.5) is 0 Å². The molecule has 4 heteroatoms. The third-order valence-electron chi connectivity index (χ3n) is 2.33. The molecule has 0 N–H and O–H groups in total. The molecule has 0 aliphatic rings. The monoisotopic (exact) mass is 515 g/mol.